The first-order valence-electron chi connectivity index (χ1n) is 7.04. The lowest BCUT2D eigenvalue weighted by molar-refractivity contribution is 0.243. The molecule has 21 heavy (non-hydrogen) atoms. The third-order valence-corrected chi connectivity index (χ3v) is 4.71. The van der Waals surface area contributed by atoms with Crippen LogP contribution in [0.5, 0.6) is 0 Å². The molecule has 0 aliphatic carbocycles. The van der Waals surface area contributed by atoms with Gasteiger partial charge in [0.1, 0.15) is 0 Å². The van der Waals surface area contributed by atoms with Gasteiger partial charge in [-0.2, -0.15) is 0 Å². The van der Waals surface area contributed by atoms with Gasteiger partial charge in [-0.25, -0.2) is 4.98 Å². The SMILES string of the molecule is O=c1cc(CN2CCc3ccccc3C2)nc2sccn12. The molecule has 0 saturated heterocycles. The van der Waals surface area contributed by atoms with Crippen LogP contribution in [0, 0.1) is 0 Å². The van der Waals surface area contributed by atoms with Crippen LogP contribution < -0.4 is 5.56 Å². The van der Waals surface area contributed by atoms with Gasteiger partial charge in [-0.1, -0.05) is 24.3 Å². The maximum Gasteiger partial charge on any atom is 0.258 e. The van der Waals surface area contributed by atoms with Crippen LogP contribution in [0.15, 0.2) is 46.7 Å². The molecule has 4 rings (SSSR count). The molecule has 0 atom stereocenters. The third kappa shape index (κ3) is 2.39. The van der Waals surface area contributed by atoms with Gasteiger partial charge in [-0.15, -0.1) is 11.3 Å². The molecule has 0 amide bonds. The van der Waals surface area contributed by atoms with Crippen molar-refractivity contribution in [3.05, 3.63) is 69.1 Å². The highest BCUT2D eigenvalue weighted by atomic mass is 32.1. The number of hydrogen-bond donors (Lipinski definition) is 0. The number of hydrogen-bond acceptors (Lipinski definition) is 4. The van der Waals surface area contributed by atoms with E-state index in [1.165, 1.54) is 22.5 Å². The normalized spacial score (nSPS) is 15.2. The van der Waals surface area contributed by atoms with Crippen molar-refractivity contribution in [3.8, 4) is 0 Å². The molecule has 0 saturated carbocycles. The van der Waals surface area contributed by atoms with Crippen LogP contribution in [-0.2, 0) is 19.5 Å². The molecule has 0 spiro atoms. The fraction of sp³-hybridized carbons (Fsp3) is 0.250. The van der Waals surface area contributed by atoms with Crippen molar-refractivity contribution < 1.29 is 0 Å². The zero-order valence-electron chi connectivity index (χ0n) is 11.5. The molecule has 0 bridgehead atoms. The molecule has 1 aliphatic rings. The van der Waals surface area contributed by atoms with Gasteiger partial charge in [0.15, 0.2) is 4.96 Å². The third-order valence-electron chi connectivity index (χ3n) is 3.95. The van der Waals surface area contributed by atoms with Gasteiger partial charge in [0.05, 0.1) is 5.69 Å². The summed E-state index contributed by atoms with van der Waals surface area (Å²) in [4.78, 5) is 19.7. The van der Waals surface area contributed by atoms with Crippen molar-refractivity contribution in [2.75, 3.05) is 6.54 Å². The summed E-state index contributed by atoms with van der Waals surface area (Å²) in [5, 5.41) is 1.89. The monoisotopic (exact) mass is 297 g/mol. The number of fused-ring (bicyclic) bond motifs is 2. The average Bonchev–Trinajstić information content (AvgIpc) is 2.96. The predicted molar refractivity (Wildman–Crippen MR) is 83.6 cm³/mol. The Hall–Kier alpha value is -1.98. The Balaban J connectivity index is 1.60. The molecule has 1 aliphatic heterocycles. The van der Waals surface area contributed by atoms with Gasteiger partial charge < -0.3 is 0 Å². The quantitative estimate of drug-likeness (QED) is 0.728. The van der Waals surface area contributed by atoms with E-state index in [0.717, 1.165) is 36.7 Å². The van der Waals surface area contributed by atoms with E-state index in [1.54, 1.807) is 16.7 Å². The molecule has 2 aromatic heterocycles. The van der Waals surface area contributed by atoms with Crippen LogP contribution in [0.4, 0.5) is 0 Å². The van der Waals surface area contributed by atoms with Crippen LogP contribution in [0.3, 0.4) is 0 Å². The van der Waals surface area contributed by atoms with Crippen molar-refractivity contribution >= 4 is 16.3 Å². The molecular formula is C16H15N3OS. The second-order valence-electron chi connectivity index (χ2n) is 5.37. The topological polar surface area (TPSA) is 37.6 Å². The Morgan fingerprint density at radius 3 is 3.00 bits per heavy atom. The molecule has 5 heteroatoms. The zero-order chi connectivity index (χ0) is 14.2. The standard InChI is InChI=1S/C16H15N3OS/c20-15-9-14(17-16-19(15)7-8-21-16)11-18-6-5-12-3-1-2-4-13(12)10-18/h1-4,7-9H,5-6,10-11H2. The minimum absolute atomic E-state index is 0.00802. The Morgan fingerprint density at radius 2 is 2.10 bits per heavy atom. The minimum atomic E-state index is 0.00802. The fourth-order valence-electron chi connectivity index (χ4n) is 2.89. The summed E-state index contributed by atoms with van der Waals surface area (Å²) in [6, 6.07) is 10.2. The summed E-state index contributed by atoms with van der Waals surface area (Å²) >= 11 is 1.50. The minimum Gasteiger partial charge on any atom is -0.293 e. The van der Waals surface area contributed by atoms with Crippen molar-refractivity contribution in [1.82, 2.24) is 14.3 Å². The first kappa shape index (κ1) is 12.7. The molecule has 106 valence electrons. The lowest BCUT2D eigenvalue weighted by atomic mass is 10.00. The molecule has 0 radical (unpaired) electrons. The first-order valence-corrected chi connectivity index (χ1v) is 7.92. The molecule has 1 aromatic carbocycles. The highest BCUT2D eigenvalue weighted by Crippen LogP contribution is 2.19. The van der Waals surface area contributed by atoms with E-state index in [9.17, 15) is 4.79 Å². The first-order chi connectivity index (χ1) is 10.3. The number of aromatic nitrogens is 2. The Bertz CT molecular complexity index is 852. The van der Waals surface area contributed by atoms with Crippen molar-refractivity contribution in [2.45, 2.75) is 19.5 Å². The summed E-state index contributed by atoms with van der Waals surface area (Å²) < 4.78 is 1.60. The fourth-order valence-corrected chi connectivity index (χ4v) is 3.63. The van der Waals surface area contributed by atoms with E-state index < -0.39 is 0 Å². The number of benzene rings is 1. The van der Waals surface area contributed by atoms with E-state index in [2.05, 4.69) is 34.1 Å². The lowest BCUT2D eigenvalue weighted by Crippen LogP contribution is -2.31. The van der Waals surface area contributed by atoms with Gasteiger partial charge in [-0.05, 0) is 17.5 Å². The van der Waals surface area contributed by atoms with Crippen molar-refractivity contribution in [1.29, 1.82) is 0 Å². The van der Waals surface area contributed by atoms with Gasteiger partial charge in [0.2, 0.25) is 0 Å². The highest BCUT2D eigenvalue weighted by molar-refractivity contribution is 7.15. The Morgan fingerprint density at radius 1 is 1.24 bits per heavy atom. The molecule has 0 N–H and O–H groups in total. The summed E-state index contributed by atoms with van der Waals surface area (Å²) in [6.45, 7) is 2.68. The average molecular weight is 297 g/mol. The van der Waals surface area contributed by atoms with Crippen LogP contribution in [-0.4, -0.2) is 20.8 Å². The number of rotatable bonds is 2. The number of thiazole rings is 1. The van der Waals surface area contributed by atoms with Gasteiger partial charge >= 0.3 is 0 Å². The molecule has 3 aromatic rings. The zero-order valence-corrected chi connectivity index (χ0v) is 12.3. The van der Waals surface area contributed by atoms with Crippen molar-refractivity contribution in [3.63, 3.8) is 0 Å². The van der Waals surface area contributed by atoms with Crippen LogP contribution in [0.1, 0.15) is 16.8 Å². The second-order valence-corrected chi connectivity index (χ2v) is 6.24. The van der Waals surface area contributed by atoms with Crippen LogP contribution >= 0.6 is 11.3 Å². The second kappa shape index (κ2) is 5.09. The van der Waals surface area contributed by atoms with Crippen LogP contribution in [0.2, 0.25) is 0 Å². The maximum absolute atomic E-state index is 12.0. The van der Waals surface area contributed by atoms with E-state index in [4.69, 9.17) is 0 Å². The summed E-state index contributed by atoms with van der Waals surface area (Å²) in [7, 11) is 0. The molecule has 4 nitrogen and oxygen atoms in total. The van der Waals surface area contributed by atoms with Gasteiger partial charge in [0, 0.05) is 37.3 Å². The summed E-state index contributed by atoms with van der Waals surface area (Å²) in [5.74, 6) is 0. The Kier molecular flexibility index (Phi) is 3.09. The molecule has 0 fully saturated rings. The predicted octanol–water partition coefficient (Wildman–Crippen LogP) is 2.31. The van der Waals surface area contributed by atoms with Gasteiger partial charge in [0.25, 0.3) is 5.56 Å². The van der Waals surface area contributed by atoms with E-state index >= 15 is 0 Å². The summed E-state index contributed by atoms with van der Waals surface area (Å²) in [6.07, 6.45) is 2.84. The highest BCUT2D eigenvalue weighted by Gasteiger charge is 2.16. The largest absolute Gasteiger partial charge is 0.293 e. The van der Waals surface area contributed by atoms with Gasteiger partial charge in [-0.3, -0.25) is 14.1 Å². The smallest absolute Gasteiger partial charge is 0.258 e. The van der Waals surface area contributed by atoms with E-state index in [0.29, 0.717) is 0 Å². The van der Waals surface area contributed by atoms with Crippen LogP contribution in [0.25, 0.3) is 4.96 Å². The molecular weight excluding hydrogens is 282 g/mol. The summed E-state index contributed by atoms with van der Waals surface area (Å²) in [5.41, 5.74) is 3.70. The molecule has 3 heterocycles. The number of nitrogens with zero attached hydrogens (tertiary/aromatic N) is 3. The van der Waals surface area contributed by atoms with E-state index in [1.807, 2.05) is 5.38 Å². The molecule has 0 unspecified atom stereocenters. The lowest BCUT2D eigenvalue weighted by Gasteiger charge is -2.28. The maximum atomic E-state index is 12.0. The Labute approximate surface area is 126 Å². The van der Waals surface area contributed by atoms with Crippen molar-refractivity contribution in [2.24, 2.45) is 0 Å². The van der Waals surface area contributed by atoms with E-state index in [-0.39, 0.29) is 5.56 Å².